The summed E-state index contributed by atoms with van der Waals surface area (Å²) in [6, 6.07) is 8.46. The first-order valence-electron chi connectivity index (χ1n) is 6.21. The lowest BCUT2D eigenvalue weighted by Crippen LogP contribution is -2.12. The quantitative estimate of drug-likeness (QED) is 0.897. The van der Waals surface area contributed by atoms with Crippen LogP contribution in [0.4, 0.5) is 5.69 Å². The molecule has 1 N–H and O–H groups in total. The Hall–Kier alpha value is -1.91. The summed E-state index contributed by atoms with van der Waals surface area (Å²) >= 11 is 12.1. The third-order valence-electron chi connectivity index (χ3n) is 3.12. The summed E-state index contributed by atoms with van der Waals surface area (Å²) in [6.07, 6.45) is 0. The fourth-order valence-electron chi connectivity index (χ4n) is 1.97. The maximum absolute atomic E-state index is 12.3. The molecule has 0 saturated heterocycles. The van der Waals surface area contributed by atoms with Crippen molar-refractivity contribution in [2.75, 3.05) is 12.1 Å². The topological polar surface area (TPSA) is 47.6 Å². The average molecular weight is 324 g/mol. The third kappa shape index (κ3) is 2.77. The number of amides is 1. The molecule has 1 amide bonds. The van der Waals surface area contributed by atoms with Gasteiger partial charge in [-0.15, -0.1) is 0 Å². The summed E-state index contributed by atoms with van der Waals surface area (Å²) in [5.74, 6) is 0.635. The number of anilines is 1. The largest absolute Gasteiger partial charge is 0.454 e. The molecule has 21 heavy (non-hydrogen) atoms. The molecule has 0 aliphatic carbocycles. The minimum atomic E-state index is -0.296. The number of hydrogen-bond donors (Lipinski definition) is 1. The number of hydrogen-bond acceptors (Lipinski definition) is 3. The van der Waals surface area contributed by atoms with E-state index in [1.807, 2.05) is 13.0 Å². The van der Waals surface area contributed by atoms with E-state index in [-0.39, 0.29) is 12.7 Å². The molecule has 2 aromatic rings. The van der Waals surface area contributed by atoms with Crippen LogP contribution < -0.4 is 14.8 Å². The summed E-state index contributed by atoms with van der Waals surface area (Å²) < 4.78 is 10.5. The maximum Gasteiger partial charge on any atom is 0.255 e. The maximum atomic E-state index is 12.3. The van der Waals surface area contributed by atoms with E-state index in [1.165, 1.54) is 0 Å². The lowest BCUT2D eigenvalue weighted by atomic mass is 10.1. The molecule has 1 heterocycles. The Labute approximate surface area is 131 Å². The van der Waals surface area contributed by atoms with Gasteiger partial charge in [0.05, 0.1) is 5.02 Å². The average Bonchev–Trinajstić information content (AvgIpc) is 2.92. The summed E-state index contributed by atoms with van der Waals surface area (Å²) in [6.45, 7) is 2.00. The lowest BCUT2D eigenvalue weighted by molar-refractivity contribution is 0.102. The Balaban J connectivity index is 1.85. The van der Waals surface area contributed by atoms with Crippen LogP contribution in [0.3, 0.4) is 0 Å². The highest BCUT2D eigenvalue weighted by Gasteiger charge is 2.20. The van der Waals surface area contributed by atoms with Crippen LogP contribution in [0, 0.1) is 6.92 Å². The minimum Gasteiger partial charge on any atom is -0.454 e. The fraction of sp³-hybridized carbons (Fsp3) is 0.133. The summed E-state index contributed by atoms with van der Waals surface area (Å²) in [4.78, 5) is 12.3. The first-order valence-corrected chi connectivity index (χ1v) is 6.97. The van der Waals surface area contributed by atoms with Gasteiger partial charge in [0.25, 0.3) is 5.91 Å². The van der Waals surface area contributed by atoms with E-state index < -0.39 is 0 Å². The standard InChI is InChI=1S/C15H11Cl2NO3/c1-8-2-3-10(6-11(8)16)18-15(19)9-4-12(17)14-13(5-9)20-7-21-14/h2-6H,7H2,1H3,(H,18,19). The zero-order chi connectivity index (χ0) is 15.0. The highest BCUT2D eigenvalue weighted by Crippen LogP contribution is 2.39. The zero-order valence-corrected chi connectivity index (χ0v) is 12.6. The predicted octanol–water partition coefficient (Wildman–Crippen LogP) is 4.28. The van der Waals surface area contributed by atoms with E-state index in [0.717, 1.165) is 5.56 Å². The number of carbonyl (C=O) groups is 1. The number of carbonyl (C=O) groups excluding carboxylic acids is 1. The molecule has 3 rings (SSSR count). The molecule has 1 aliphatic heterocycles. The van der Waals surface area contributed by atoms with Crippen molar-refractivity contribution >= 4 is 34.8 Å². The van der Waals surface area contributed by atoms with Crippen LogP contribution >= 0.6 is 23.2 Å². The molecular weight excluding hydrogens is 313 g/mol. The van der Waals surface area contributed by atoms with Crippen LogP contribution in [0.5, 0.6) is 11.5 Å². The number of halogens is 2. The van der Waals surface area contributed by atoms with Crippen LogP contribution in [-0.2, 0) is 0 Å². The van der Waals surface area contributed by atoms with Gasteiger partial charge >= 0.3 is 0 Å². The van der Waals surface area contributed by atoms with Crippen molar-refractivity contribution in [3.63, 3.8) is 0 Å². The number of fused-ring (bicyclic) bond motifs is 1. The summed E-state index contributed by atoms with van der Waals surface area (Å²) in [7, 11) is 0. The first-order chi connectivity index (χ1) is 10.0. The second-order valence-electron chi connectivity index (χ2n) is 4.61. The van der Waals surface area contributed by atoms with Gasteiger partial charge in [0.2, 0.25) is 6.79 Å². The van der Waals surface area contributed by atoms with Gasteiger partial charge in [0.15, 0.2) is 11.5 Å². The SMILES string of the molecule is Cc1ccc(NC(=O)c2cc(Cl)c3c(c2)OCO3)cc1Cl. The molecule has 6 heteroatoms. The minimum absolute atomic E-state index is 0.105. The van der Waals surface area contributed by atoms with Gasteiger partial charge in [-0.05, 0) is 36.8 Å². The summed E-state index contributed by atoms with van der Waals surface area (Å²) in [5.41, 5.74) is 1.95. The van der Waals surface area contributed by atoms with Crippen LogP contribution in [0.15, 0.2) is 30.3 Å². The van der Waals surface area contributed by atoms with Crippen molar-refractivity contribution in [3.05, 3.63) is 51.5 Å². The van der Waals surface area contributed by atoms with E-state index in [2.05, 4.69) is 5.32 Å². The Morgan fingerprint density at radius 3 is 2.71 bits per heavy atom. The molecule has 0 saturated carbocycles. The Bertz CT molecular complexity index is 731. The number of benzene rings is 2. The number of ether oxygens (including phenoxy) is 2. The number of aryl methyl sites for hydroxylation is 1. The van der Waals surface area contributed by atoms with Crippen molar-refractivity contribution in [1.82, 2.24) is 0 Å². The second-order valence-corrected chi connectivity index (χ2v) is 5.42. The van der Waals surface area contributed by atoms with Gasteiger partial charge in [-0.1, -0.05) is 29.3 Å². The van der Waals surface area contributed by atoms with Crippen molar-refractivity contribution in [3.8, 4) is 11.5 Å². The van der Waals surface area contributed by atoms with Gasteiger partial charge in [-0.25, -0.2) is 0 Å². The van der Waals surface area contributed by atoms with Gasteiger partial charge < -0.3 is 14.8 Å². The van der Waals surface area contributed by atoms with Crippen LogP contribution in [0.1, 0.15) is 15.9 Å². The summed E-state index contributed by atoms with van der Waals surface area (Å²) in [5, 5.41) is 3.70. The van der Waals surface area contributed by atoms with Crippen LogP contribution in [0.25, 0.3) is 0 Å². The molecule has 1 aliphatic rings. The highest BCUT2D eigenvalue weighted by atomic mass is 35.5. The van der Waals surface area contributed by atoms with E-state index >= 15 is 0 Å². The Kier molecular flexibility index (Phi) is 3.66. The smallest absolute Gasteiger partial charge is 0.255 e. The molecule has 0 aromatic heterocycles. The zero-order valence-electron chi connectivity index (χ0n) is 11.1. The van der Waals surface area contributed by atoms with Crippen molar-refractivity contribution in [2.24, 2.45) is 0 Å². The molecule has 0 fully saturated rings. The van der Waals surface area contributed by atoms with Crippen molar-refractivity contribution < 1.29 is 14.3 Å². The Morgan fingerprint density at radius 2 is 1.95 bits per heavy atom. The van der Waals surface area contributed by atoms with Crippen molar-refractivity contribution in [1.29, 1.82) is 0 Å². The van der Waals surface area contributed by atoms with E-state index in [1.54, 1.807) is 24.3 Å². The van der Waals surface area contributed by atoms with Gasteiger partial charge in [0, 0.05) is 16.3 Å². The van der Waals surface area contributed by atoms with Crippen LogP contribution in [0.2, 0.25) is 10.0 Å². The van der Waals surface area contributed by atoms with E-state index in [9.17, 15) is 4.79 Å². The molecule has 0 radical (unpaired) electrons. The van der Waals surface area contributed by atoms with Gasteiger partial charge in [0.1, 0.15) is 0 Å². The Morgan fingerprint density at radius 1 is 1.14 bits per heavy atom. The molecular formula is C15H11Cl2NO3. The molecule has 0 atom stereocenters. The molecule has 2 aromatic carbocycles. The van der Waals surface area contributed by atoms with Gasteiger partial charge in [-0.2, -0.15) is 0 Å². The number of rotatable bonds is 2. The lowest BCUT2D eigenvalue weighted by Gasteiger charge is -2.08. The fourth-order valence-corrected chi connectivity index (χ4v) is 2.42. The highest BCUT2D eigenvalue weighted by molar-refractivity contribution is 6.33. The molecule has 0 unspecified atom stereocenters. The van der Waals surface area contributed by atoms with Crippen molar-refractivity contribution in [2.45, 2.75) is 6.92 Å². The molecule has 108 valence electrons. The number of nitrogens with one attached hydrogen (secondary N) is 1. The molecule has 4 nitrogen and oxygen atoms in total. The van der Waals surface area contributed by atoms with Gasteiger partial charge in [-0.3, -0.25) is 4.79 Å². The second kappa shape index (κ2) is 5.47. The van der Waals surface area contributed by atoms with Crippen LogP contribution in [-0.4, -0.2) is 12.7 Å². The normalized spacial score (nSPS) is 12.3. The monoisotopic (exact) mass is 323 g/mol. The predicted molar refractivity (Wildman–Crippen MR) is 81.7 cm³/mol. The third-order valence-corrected chi connectivity index (χ3v) is 3.81. The van der Waals surface area contributed by atoms with E-state index in [4.69, 9.17) is 32.7 Å². The molecule has 0 bridgehead atoms. The first kappa shape index (κ1) is 14.0. The molecule has 0 spiro atoms. The van der Waals surface area contributed by atoms with E-state index in [0.29, 0.717) is 32.8 Å².